The molecule has 0 spiro atoms. The molecule has 0 unspecified atom stereocenters. The number of fused-ring (bicyclic) bond motifs is 1. The van der Waals surface area contributed by atoms with Crippen LogP contribution in [0.5, 0.6) is 0 Å². The summed E-state index contributed by atoms with van der Waals surface area (Å²) in [6.07, 6.45) is 2.36. The molecule has 6 heteroatoms. The van der Waals surface area contributed by atoms with E-state index >= 15 is 0 Å². The summed E-state index contributed by atoms with van der Waals surface area (Å²) >= 11 is 7.60. The third kappa shape index (κ3) is 3.48. The molecule has 4 rings (SSSR count). The molecule has 0 bridgehead atoms. The molecular weight excluding hydrogens is 354 g/mol. The Bertz CT molecular complexity index is 1090. The fourth-order valence-electron chi connectivity index (χ4n) is 2.69. The molecule has 4 aromatic rings. The quantitative estimate of drug-likeness (QED) is 0.544. The van der Waals surface area contributed by atoms with Crippen molar-refractivity contribution in [3.63, 3.8) is 0 Å². The lowest BCUT2D eigenvalue weighted by Crippen LogP contribution is -2.21. The zero-order chi connectivity index (χ0) is 17.2. The lowest BCUT2D eigenvalue weighted by molar-refractivity contribution is 0.731. The van der Waals surface area contributed by atoms with Crippen molar-refractivity contribution in [1.82, 2.24) is 14.5 Å². The Labute approximate surface area is 153 Å². The molecule has 0 atom stereocenters. The lowest BCUT2D eigenvalue weighted by Gasteiger charge is -2.05. The predicted molar refractivity (Wildman–Crippen MR) is 101 cm³/mol. The molecule has 2 aromatic carbocycles. The van der Waals surface area contributed by atoms with Gasteiger partial charge in [-0.25, -0.2) is 9.97 Å². The summed E-state index contributed by atoms with van der Waals surface area (Å²) in [6, 6.07) is 15.4. The van der Waals surface area contributed by atoms with Crippen LogP contribution in [-0.2, 0) is 13.0 Å². The second kappa shape index (κ2) is 6.78. The van der Waals surface area contributed by atoms with E-state index in [2.05, 4.69) is 22.1 Å². The summed E-state index contributed by atoms with van der Waals surface area (Å²) in [5.74, 6) is 0. The molecule has 0 amide bonds. The van der Waals surface area contributed by atoms with Gasteiger partial charge in [0.05, 0.1) is 34.5 Å². The molecule has 0 saturated heterocycles. The first-order valence-corrected chi connectivity index (χ1v) is 9.07. The van der Waals surface area contributed by atoms with Gasteiger partial charge in [0.1, 0.15) is 0 Å². The smallest absolute Gasteiger partial charge is 0.261 e. The topological polar surface area (TPSA) is 47.8 Å². The SMILES string of the molecule is O=c1c2cc(Cl)ccc2ncn1Cc1csc(Cc2ccccc2)n1. The van der Waals surface area contributed by atoms with Gasteiger partial charge in [0, 0.05) is 16.8 Å². The van der Waals surface area contributed by atoms with E-state index in [0.717, 1.165) is 17.1 Å². The van der Waals surface area contributed by atoms with Crippen LogP contribution in [-0.4, -0.2) is 14.5 Å². The number of nitrogens with zero attached hydrogens (tertiary/aromatic N) is 3. The van der Waals surface area contributed by atoms with Gasteiger partial charge >= 0.3 is 0 Å². The zero-order valence-electron chi connectivity index (χ0n) is 13.2. The van der Waals surface area contributed by atoms with Crippen molar-refractivity contribution in [2.24, 2.45) is 0 Å². The molecule has 2 aromatic heterocycles. The van der Waals surface area contributed by atoms with Crippen LogP contribution in [0.1, 0.15) is 16.3 Å². The van der Waals surface area contributed by atoms with Crippen molar-refractivity contribution in [2.45, 2.75) is 13.0 Å². The minimum Gasteiger partial charge on any atom is -0.293 e. The van der Waals surface area contributed by atoms with E-state index in [1.165, 1.54) is 5.56 Å². The van der Waals surface area contributed by atoms with E-state index in [1.54, 1.807) is 40.4 Å². The van der Waals surface area contributed by atoms with Gasteiger partial charge < -0.3 is 0 Å². The normalized spacial score (nSPS) is 11.1. The van der Waals surface area contributed by atoms with Crippen molar-refractivity contribution in [3.05, 3.63) is 91.9 Å². The average molecular weight is 368 g/mol. The maximum atomic E-state index is 12.6. The van der Waals surface area contributed by atoms with Crippen LogP contribution in [0.3, 0.4) is 0 Å². The Kier molecular flexibility index (Phi) is 4.34. The minimum absolute atomic E-state index is 0.106. The molecule has 4 nitrogen and oxygen atoms in total. The summed E-state index contributed by atoms with van der Waals surface area (Å²) in [5, 5.41) is 4.08. The molecular formula is C19H14ClN3OS. The van der Waals surface area contributed by atoms with Crippen LogP contribution in [0, 0.1) is 0 Å². The van der Waals surface area contributed by atoms with Gasteiger partial charge in [0.2, 0.25) is 0 Å². The molecule has 0 fully saturated rings. The lowest BCUT2D eigenvalue weighted by atomic mass is 10.2. The molecule has 0 aliphatic carbocycles. The fraction of sp³-hybridized carbons (Fsp3) is 0.105. The van der Waals surface area contributed by atoms with Crippen molar-refractivity contribution in [1.29, 1.82) is 0 Å². The first-order valence-electron chi connectivity index (χ1n) is 7.81. The van der Waals surface area contributed by atoms with Gasteiger partial charge in [-0.1, -0.05) is 41.9 Å². The van der Waals surface area contributed by atoms with Gasteiger partial charge in [-0.2, -0.15) is 0 Å². The Morgan fingerprint density at radius 2 is 1.96 bits per heavy atom. The summed E-state index contributed by atoms with van der Waals surface area (Å²) in [6.45, 7) is 0.402. The monoisotopic (exact) mass is 367 g/mol. The predicted octanol–water partition coefficient (Wildman–Crippen LogP) is 4.15. The number of aromatic nitrogens is 3. The van der Waals surface area contributed by atoms with Crippen LogP contribution >= 0.6 is 22.9 Å². The largest absolute Gasteiger partial charge is 0.293 e. The standard InChI is InChI=1S/C19H14ClN3OS/c20-14-6-7-17-16(9-14)19(24)23(12-21-17)10-15-11-25-18(22-15)8-13-4-2-1-3-5-13/h1-7,9,11-12H,8,10H2. The summed E-state index contributed by atoms with van der Waals surface area (Å²) in [7, 11) is 0. The average Bonchev–Trinajstić information content (AvgIpc) is 3.06. The summed E-state index contributed by atoms with van der Waals surface area (Å²) < 4.78 is 1.57. The van der Waals surface area contributed by atoms with E-state index in [1.807, 2.05) is 23.6 Å². The van der Waals surface area contributed by atoms with E-state index < -0.39 is 0 Å². The van der Waals surface area contributed by atoms with Crippen LogP contribution < -0.4 is 5.56 Å². The highest BCUT2D eigenvalue weighted by Gasteiger charge is 2.08. The van der Waals surface area contributed by atoms with Crippen LogP contribution in [0.4, 0.5) is 0 Å². The highest BCUT2D eigenvalue weighted by atomic mass is 35.5. The Hall–Kier alpha value is -2.50. The van der Waals surface area contributed by atoms with Crippen LogP contribution in [0.2, 0.25) is 5.02 Å². The van der Waals surface area contributed by atoms with Crippen molar-refractivity contribution in [3.8, 4) is 0 Å². The third-order valence-corrected chi connectivity index (χ3v) is 5.05. The van der Waals surface area contributed by atoms with Crippen LogP contribution in [0.25, 0.3) is 10.9 Å². The zero-order valence-corrected chi connectivity index (χ0v) is 14.8. The summed E-state index contributed by atoms with van der Waals surface area (Å²) in [4.78, 5) is 21.6. The molecule has 0 saturated carbocycles. The van der Waals surface area contributed by atoms with Gasteiger partial charge in [-0.05, 0) is 23.8 Å². The van der Waals surface area contributed by atoms with E-state index in [9.17, 15) is 4.79 Å². The number of hydrogen-bond donors (Lipinski definition) is 0. The highest BCUT2D eigenvalue weighted by molar-refractivity contribution is 7.09. The Morgan fingerprint density at radius 3 is 2.80 bits per heavy atom. The second-order valence-corrected chi connectivity index (χ2v) is 7.11. The number of thiazole rings is 1. The Balaban J connectivity index is 1.59. The maximum Gasteiger partial charge on any atom is 0.261 e. The van der Waals surface area contributed by atoms with E-state index in [0.29, 0.717) is 22.5 Å². The molecule has 25 heavy (non-hydrogen) atoms. The van der Waals surface area contributed by atoms with Gasteiger partial charge in [-0.15, -0.1) is 11.3 Å². The fourth-order valence-corrected chi connectivity index (χ4v) is 3.68. The molecule has 0 N–H and O–H groups in total. The molecule has 124 valence electrons. The first-order chi connectivity index (χ1) is 12.2. The summed E-state index contributed by atoms with van der Waals surface area (Å²) in [5.41, 5.74) is 2.63. The highest BCUT2D eigenvalue weighted by Crippen LogP contribution is 2.17. The number of benzene rings is 2. The number of hydrogen-bond acceptors (Lipinski definition) is 4. The molecule has 0 radical (unpaired) electrons. The number of halogens is 1. The van der Waals surface area contributed by atoms with E-state index in [-0.39, 0.29) is 5.56 Å². The van der Waals surface area contributed by atoms with E-state index in [4.69, 9.17) is 11.6 Å². The number of rotatable bonds is 4. The van der Waals surface area contributed by atoms with Gasteiger partial charge in [0.25, 0.3) is 5.56 Å². The minimum atomic E-state index is -0.106. The maximum absolute atomic E-state index is 12.6. The Morgan fingerprint density at radius 1 is 1.12 bits per heavy atom. The van der Waals surface area contributed by atoms with Gasteiger partial charge in [-0.3, -0.25) is 9.36 Å². The molecule has 0 aliphatic rings. The van der Waals surface area contributed by atoms with Crippen molar-refractivity contribution >= 4 is 33.8 Å². The van der Waals surface area contributed by atoms with Crippen LogP contribution in [0.15, 0.2) is 65.0 Å². The molecule has 0 aliphatic heterocycles. The molecule has 2 heterocycles. The van der Waals surface area contributed by atoms with Gasteiger partial charge in [0.15, 0.2) is 0 Å². The first kappa shape index (κ1) is 16.0. The van der Waals surface area contributed by atoms with Crippen molar-refractivity contribution in [2.75, 3.05) is 0 Å². The van der Waals surface area contributed by atoms with Crippen molar-refractivity contribution < 1.29 is 0 Å². The second-order valence-electron chi connectivity index (χ2n) is 5.73. The third-order valence-electron chi connectivity index (χ3n) is 3.92.